The minimum Gasteiger partial charge on any atom is -0.507 e. The van der Waals surface area contributed by atoms with Crippen molar-refractivity contribution in [1.82, 2.24) is 9.80 Å². The van der Waals surface area contributed by atoms with Gasteiger partial charge in [0.15, 0.2) is 0 Å². The molecule has 0 saturated carbocycles. The molecule has 1 fully saturated rings. The number of likely N-dealkylation sites (tertiary alicyclic amines) is 1. The van der Waals surface area contributed by atoms with Crippen LogP contribution in [-0.2, 0) is 9.59 Å². The highest BCUT2D eigenvalue weighted by Gasteiger charge is 2.46. The van der Waals surface area contributed by atoms with E-state index in [1.165, 1.54) is 48.4 Å². The van der Waals surface area contributed by atoms with E-state index >= 15 is 0 Å². The van der Waals surface area contributed by atoms with E-state index in [-0.39, 0.29) is 23.4 Å². The van der Waals surface area contributed by atoms with Gasteiger partial charge < -0.3 is 24.7 Å². The zero-order valence-electron chi connectivity index (χ0n) is 19.0. The van der Waals surface area contributed by atoms with Gasteiger partial charge in [-0.15, -0.1) is 0 Å². The Morgan fingerprint density at radius 1 is 1.15 bits per heavy atom. The van der Waals surface area contributed by atoms with Crippen molar-refractivity contribution in [2.24, 2.45) is 0 Å². The highest BCUT2D eigenvalue weighted by atomic mass is 19.1. The van der Waals surface area contributed by atoms with Crippen molar-refractivity contribution in [3.63, 3.8) is 0 Å². The van der Waals surface area contributed by atoms with Crippen molar-refractivity contribution in [2.45, 2.75) is 26.3 Å². The van der Waals surface area contributed by atoms with Gasteiger partial charge in [-0.1, -0.05) is 26.0 Å². The molecule has 176 valence electrons. The second-order valence-electron chi connectivity index (χ2n) is 7.81. The summed E-state index contributed by atoms with van der Waals surface area (Å²) in [6.07, 6.45) is 0.605. The maximum atomic E-state index is 14.1. The monoisotopic (exact) mass is 456 g/mol. The standard InChI is InChI=1S/C25H29FN2O5/c1-4-27(5-2)12-7-13-28-22(16-8-6-9-17(26)14-16)21(24(31)25(28)32)23(30)19-11-10-18(33-3)15-20(19)29/h6,8-11,14-15,22,29-30H,4-5,7,12-13H2,1-3H3/t22-/m1/s1. The number of hydrogen-bond donors (Lipinski definition) is 2. The number of phenols is 1. The predicted molar refractivity (Wildman–Crippen MR) is 122 cm³/mol. The van der Waals surface area contributed by atoms with Crippen LogP contribution < -0.4 is 4.74 Å². The first kappa shape index (κ1) is 24.3. The fraction of sp³-hybridized carbons (Fsp3) is 0.360. The third-order valence-corrected chi connectivity index (χ3v) is 5.93. The van der Waals surface area contributed by atoms with Gasteiger partial charge in [-0.25, -0.2) is 4.39 Å². The Morgan fingerprint density at radius 3 is 2.48 bits per heavy atom. The fourth-order valence-corrected chi connectivity index (χ4v) is 4.12. The van der Waals surface area contributed by atoms with Crippen LogP contribution in [0.3, 0.4) is 0 Å². The molecule has 0 aromatic heterocycles. The Hall–Kier alpha value is -3.39. The average molecular weight is 457 g/mol. The molecule has 1 aliphatic heterocycles. The third-order valence-electron chi connectivity index (χ3n) is 5.93. The topological polar surface area (TPSA) is 90.3 Å². The molecule has 7 nitrogen and oxygen atoms in total. The number of hydrogen-bond acceptors (Lipinski definition) is 6. The maximum absolute atomic E-state index is 14.1. The number of ketones is 1. The second kappa shape index (κ2) is 10.5. The lowest BCUT2D eigenvalue weighted by atomic mass is 9.95. The van der Waals surface area contributed by atoms with Crippen LogP contribution in [0.1, 0.15) is 37.4 Å². The van der Waals surface area contributed by atoms with Crippen LogP contribution in [0.25, 0.3) is 5.76 Å². The molecule has 0 radical (unpaired) electrons. The summed E-state index contributed by atoms with van der Waals surface area (Å²) >= 11 is 0. The van der Waals surface area contributed by atoms with Crippen LogP contribution in [-0.4, -0.2) is 65.0 Å². The number of aliphatic hydroxyl groups excluding tert-OH is 1. The van der Waals surface area contributed by atoms with E-state index in [0.29, 0.717) is 17.7 Å². The van der Waals surface area contributed by atoms with Crippen molar-refractivity contribution >= 4 is 17.4 Å². The van der Waals surface area contributed by atoms with E-state index in [4.69, 9.17) is 4.74 Å². The summed E-state index contributed by atoms with van der Waals surface area (Å²) in [5.74, 6) is -2.62. The summed E-state index contributed by atoms with van der Waals surface area (Å²) in [6, 6.07) is 8.86. The van der Waals surface area contributed by atoms with Gasteiger partial charge in [0.25, 0.3) is 11.7 Å². The minimum absolute atomic E-state index is 0.0154. The van der Waals surface area contributed by atoms with Crippen LogP contribution >= 0.6 is 0 Å². The number of benzene rings is 2. The van der Waals surface area contributed by atoms with Gasteiger partial charge in [0, 0.05) is 12.6 Å². The summed E-state index contributed by atoms with van der Waals surface area (Å²) in [4.78, 5) is 29.6. The number of nitrogens with zero attached hydrogens (tertiary/aromatic N) is 2. The van der Waals surface area contributed by atoms with Crippen LogP contribution in [0.2, 0.25) is 0 Å². The molecule has 0 aliphatic carbocycles. The van der Waals surface area contributed by atoms with Crippen molar-refractivity contribution in [1.29, 1.82) is 0 Å². The quantitative estimate of drug-likeness (QED) is 0.340. The molecule has 2 N–H and O–H groups in total. The molecule has 2 aromatic carbocycles. The molecule has 1 saturated heterocycles. The predicted octanol–water partition coefficient (Wildman–Crippen LogP) is 3.69. The lowest BCUT2D eigenvalue weighted by molar-refractivity contribution is -0.140. The first-order valence-electron chi connectivity index (χ1n) is 11.0. The molecule has 0 bridgehead atoms. The molecule has 0 spiro atoms. The number of carbonyl (C=O) groups is 2. The number of aromatic hydroxyl groups is 1. The molecule has 1 aliphatic rings. The zero-order chi connectivity index (χ0) is 24.1. The molecule has 1 amide bonds. The summed E-state index contributed by atoms with van der Waals surface area (Å²) in [7, 11) is 1.43. The van der Waals surface area contributed by atoms with Gasteiger partial charge in [0.05, 0.1) is 24.3 Å². The van der Waals surface area contributed by atoms with Crippen LogP contribution in [0.5, 0.6) is 11.5 Å². The molecule has 2 aromatic rings. The van der Waals surface area contributed by atoms with Gasteiger partial charge in [-0.05, 0) is 55.9 Å². The van der Waals surface area contributed by atoms with Crippen LogP contribution in [0.15, 0.2) is 48.0 Å². The lowest BCUT2D eigenvalue weighted by Crippen LogP contribution is -2.33. The number of halogens is 1. The zero-order valence-corrected chi connectivity index (χ0v) is 19.0. The number of carbonyl (C=O) groups excluding carboxylic acids is 2. The smallest absolute Gasteiger partial charge is 0.295 e. The van der Waals surface area contributed by atoms with E-state index in [1.807, 2.05) is 13.8 Å². The molecule has 0 unspecified atom stereocenters. The number of rotatable bonds is 9. The lowest BCUT2D eigenvalue weighted by Gasteiger charge is -2.27. The van der Waals surface area contributed by atoms with Crippen LogP contribution in [0.4, 0.5) is 4.39 Å². The van der Waals surface area contributed by atoms with Gasteiger partial charge in [-0.3, -0.25) is 9.59 Å². The van der Waals surface area contributed by atoms with Crippen LogP contribution in [0, 0.1) is 5.82 Å². The highest BCUT2D eigenvalue weighted by molar-refractivity contribution is 6.46. The first-order valence-corrected chi connectivity index (χ1v) is 11.0. The molecular weight excluding hydrogens is 427 g/mol. The molecule has 3 rings (SSSR count). The number of amides is 1. The Kier molecular flexibility index (Phi) is 7.71. The normalized spacial score (nSPS) is 17.7. The van der Waals surface area contributed by atoms with E-state index < -0.39 is 29.3 Å². The van der Waals surface area contributed by atoms with Gasteiger partial charge in [-0.2, -0.15) is 0 Å². The second-order valence-corrected chi connectivity index (χ2v) is 7.81. The number of phenolic OH excluding ortho intramolecular Hbond substituents is 1. The van der Waals surface area contributed by atoms with Crippen molar-refractivity contribution in [3.05, 3.63) is 65.0 Å². The molecular formula is C25H29FN2O5. The largest absolute Gasteiger partial charge is 0.507 e. The van der Waals surface area contributed by atoms with Crippen molar-refractivity contribution in [3.8, 4) is 11.5 Å². The Morgan fingerprint density at radius 2 is 1.88 bits per heavy atom. The number of ether oxygens (including phenoxy) is 1. The molecule has 1 atom stereocenters. The number of aliphatic hydroxyl groups is 1. The Balaban J connectivity index is 2.06. The first-order chi connectivity index (χ1) is 15.8. The Bertz CT molecular complexity index is 1060. The SMILES string of the molecule is CCN(CC)CCCN1C(=O)C(=O)C(=C(O)c2ccc(OC)cc2O)[C@H]1c1cccc(F)c1. The fourth-order valence-electron chi connectivity index (χ4n) is 4.12. The number of methoxy groups -OCH3 is 1. The Labute approximate surface area is 192 Å². The third kappa shape index (κ3) is 5.01. The summed E-state index contributed by atoms with van der Waals surface area (Å²) in [5.41, 5.74) is 0.166. The van der Waals surface area contributed by atoms with E-state index in [9.17, 15) is 24.2 Å². The average Bonchev–Trinajstić information content (AvgIpc) is 3.06. The molecule has 33 heavy (non-hydrogen) atoms. The summed E-state index contributed by atoms with van der Waals surface area (Å²) in [6.45, 7) is 6.80. The van der Waals surface area contributed by atoms with E-state index in [0.717, 1.165) is 19.6 Å². The number of Topliss-reactive ketones (excluding diaryl/α,β-unsaturated/α-hetero) is 1. The summed E-state index contributed by atoms with van der Waals surface area (Å²) in [5, 5.41) is 21.4. The van der Waals surface area contributed by atoms with E-state index in [1.54, 1.807) is 6.07 Å². The highest BCUT2D eigenvalue weighted by Crippen LogP contribution is 2.41. The van der Waals surface area contributed by atoms with Gasteiger partial charge in [0.1, 0.15) is 23.1 Å². The van der Waals surface area contributed by atoms with E-state index in [2.05, 4.69) is 4.90 Å². The minimum atomic E-state index is -0.973. The van der Waals surface area contributed by atoms with Crippen molar-refractivity contribution < 1.29 is 28.9 Å². The van der Waals surface area contributed by atoms with Crippen molar-refractivity contribution in [2.75, 3.05) is 33.3 Å². The summed E-state index contributed by atoms with van der Waals surface area (Å²) < 4.78 is 19.1. The van der Waals surface area contributed by atoms with Gasteiger partial charge in [0.2, 0.25) is 0 Å². The maximum Gasteiger partial charge on any atom is 0.295 e. The molecule has 1 heterocycles. The van der Waals surface area contributed by atoms with Gasteiger partial charge >= 0.3 is 0 Å². The molecule has 8 heteroatoms.